The van der Waals surface area contributed by atoms with Gasteiger partial charge in [-0.05, 0) is 18.1 Å². The summed E-state index contributed by atoms with van der Waals surface area (Å²) < 4.78 is 5.21. The highest BCUT2D eigenvalue weighted by molar-refractivity contribution is 5.64. The van der Waals surface area contributed by atoms with Gasteiger partial charge in [0.2, 0.25) is 0 Å². The molecule has 0 aliphatic rings. The molecule has 3 rings (SSSR count). The van der Waals surface area contributed by atoms with E-state index in [1.165, 1.54) is 18.9 Å². The van der Waals surface area contributed by atoms with Gasteiger partial charge in [-0.25, -0.2) is 4.79 Å². The van der Waals surface area contributed by atoms with Crippen molar-refractivity contribution in [3.8, 4) is 17.1 Å². The van der Waals surface area contributed by atoms with Gasteiger partial charge in [-0.15, -0.1) is 10.2 Å². The molecule has 0 saturated carbocycles. The summed E-state index contributed by atoms with van der Waals surface area (Å²) in [5, 5.41) is 11.2. The Hall–Kier alpha value is -3.42. The van der Waals surface area contributed by atoms with Gasteiger partial charge in [0, 0.05) is 12.7 Å². The summed E-state index contributed by atoms with van der Waals surface area (Å²) >= 11 is 0. The Morgan fingerprint density at radius 2 is 1.96 bits per heavy atom. The molecule has 1 aromatic carbocycles. The van der Waals surface area contributed by atoms with Gasteiger partial charge in [-0.3, -0.25) is 9.78 Å². The lowest BCUT2D eigenvalue weighted by atomic mass is 10.1. The fraction of sp³-hybridized carbons (Fsp3) is 0.176. The first kappa shape index (κ1) is 16.4. The number of rotatable bonds is 6. The van der Waals surface area contributed by atoms with Gasteiger partial charge in [0.15, 0.2) is 0 Å². The molecule has 3 aromatic rings. The number of hydrogen-bond donors (Lipinski definition) is 3. The van der Waals surface area contributed by atoms with Crippen molar-refractivity contribution in [2.75, 3.05) is 19.0 Å². The molecule has 0 radical (unpaired) electrons. The quantitative estimate of drug-likeness (QED) is 0.622. The molecular weight excluding hydrogens is 322 g/mol. The summed E-state index contributed by atoms with van der Waals surface area (Å²) in [6, 6.07) is 11.7. The lowest BCUT2D eigenvalue weighted by Gasteiger charge is -2.11. The van der Waals surface area contributed by atoms with Crippen molar-refractivity contribution < 1.29 is 4.74 Å². The average Bonchev–Trinajstić information content (AvgIpc) is 2.62. The van der Waals surface area contributed by atoms with Crippen molar-refractivity contribution in [1.82, 2.24) is 20.2 Å². The van der Waals surface area contributed by atoms with Gasteiger partial charge in [-0.1, -0.05) is 30.3 Å². The van der Waals surface area contributed by atoms with E-state index in [1.54, 1.807) is 6.07 Å². The van der Waals surface area contributed by atoms with Crippen LogP contribution in [-0.4, -0.2) is 33.8 Å². The number of methoxy groups -OCH3 is 1. The molecule has 0 atom stereocenters. The lowest BCUT2D eigenvalue weighted by molar-refractivity contribution is 0.394. The molecule has 2 aromatic heterocycles. The van der Waals surface area contributed by atoms with Crippen LogP contribution in [0.1, 0.15) is 5.56 Å². The van der Waals surface area contributed by atoms with Gasteiger partial charge < -0.3 is 15.0 Å². The zero-order valence-electron chi connectivity index (χ0n) is 13.6. The molecule has 25 heavy (non-hydrogen) atoms. The number of anilines is 1. The van der Waals surface area contributed by atoms with Crippen LogP contribution in [0.15, 0.2) is 52.2 Å². The molecule has 128 valence electrons. The van der Waals surface area contributed by atoms with E-state index >= 15 is 0 Å². The minimum atomic E-state index is -0.573. The summed E-state index contributed by atoms with van der Waals surface area (Å²) in [6.07, 6.45) is 2.13. The van der Waals surface area contributed by atoms with Crippen molar-refractivity contribution >= 4 is 5.69 Å². The molecule has 0 unspecified atom stereocenters. The lowest BCUT2D eigenvalue weighted by Crippen LogP contribution is -2.23. The molecule has 2 heterocycles. The van der Waals surface area contributed by atoms with E-state index in [-0.39, 0.29) is 5.56 Å². The van der Waals surface area contributed by atoms with Crippen LogP contribution in [0.4, 0.5) is 5.69 Å². The molecule has 0 aliphatic heterocycles. The normalized spacial score (nSPS) is 10.4. The smallest absolute Gasteiger partial charge is 0.325 e. The van der Waals surface area contributed by atoms with Gasteiger partial charge in [0.05, 0.1) is 12.7 Å². The second kappa shape index (κ2) is 7.43. The number of nitrogens with zero attached hydrogens (tertiary/aromatic N) is 2. The largest absolute Gasteiger partial charge is 0.478 e. The number of hydrogen-bond acceptors (Lipinski definition) is 6. The van der Waals surface area contributed by atoms with Crippen LogP contribution in [0.3, 0.4) is 0 Å². The molecule has 0 aliphatic carbocycles. The Labute approximate surface area is 142 Å². The Bertz CT molecular complexity index is 966. The van der Waals surface area contributed by atoms with E-state index in [2.05, 4.69) is 37.6 Å². The van der Waals surface area contributed by atoms with Gasteiger partial charge in [0.1, 0.15) is 11.4 Å². The third kappa shape index (κ3) is 3.92. The zero-order chi connectivity index (χ0) is 17.6. The van der Waals surface area contributed by atoms with Crippen LogP contribution in [-0.2, 0) is 6.42 Å². The van der Waals surface area contributed by atoms with Gasteiger partial charge >= 0.3 is 5.69 Å². The van der Waals surface area contributed by atoms with E-state index in [4.69, 9.17) is 4.74 Å². The maximum atomic E-state index is 11.9. The van der Waals surface area contributed by atoms with Crippen molar-refractivity contribution in [2.45, 2.75) is 6.42 Å². The van der Waals surface area contributed by atoms with E-state index in [1.807, 2.05) is 18.2 Å². The van der Waals surface area contributed by atoms with Crippen LogP contribution < -0.4 is 21.3 Å². The van der Waals surface area contributed by atoms with Gasteiger partial charge in [0.25, 0.3) is 11.4 Å². The van der Waals surface area contributed by atoms with Crippen molar-refractivity contribution in [2.24, 2.45) is 0 Å². The predicted octanol–water partition coefficient (Wildman–Crippen LogP) is 1.18. The Balaban J connectivity index is 1.82. The van der Waals surface area contributed by atoms with Crippen molar-refractivity contribution in [1.29, 1.82) is 0 Å². The maximum absolute atomic E-state index is 11.9. The first-order valence-corrected chi connectivity index (χ1v) is 7.69. The molecule has 0 amide bonds. The summed E-state index contributed by atoms with van der Waals surface area (Å²) in [7, 11) is 1.50. The molecule has 3 N–H and O–H groups in total. The minimum Gasteiger partial charge on any atom is -0.478 e. The summed E-state index contributed by atoms with van der Waals surface area (Å²) in [5.74, 6) is 0.331. The minimum absolute atomic E-state index is 0.223. The van der Waals surface area contributed by atoms with Crippen LogP contribution >= 0.6 is 0 Å². The molecule has 0 bridgehead atoms. The van der Waals surface area contributed by atoms with Crippen molar-refractivity contribution in [3.05, 3.63) is 69.0 Å². The number of benzene rings is 1. The maximum Gasteiger partial charge on any atom is 0.325 e. The standard InChI is InChI=1S/C17H17N5O3/c1-25-16-14(18-8-7-11-5-3-2-4-6-11)9-13(21-22-16)12-10-19-17(24)20-15(12)23/h2-6,9-10H,7-8H2,1H3,(H,18,21)(H2,19,20,23,24). The van der Waals surface area contributed by atoms with E-state index in [0.29, 0.717) is 23.8 Å². The second-order valence-electron chi connectivity index (χ2n) is 5.30. The first-order chi connectivity index (χ1) is 12.2. The van der Waals surface area contributed by atoms with E-state index in [9.17, 15) is 9.59 Å². The summed E-state index contributed by atoms with van der Waals surface area (Å²) in [6.45, 7) is 0.660. The topological polar surface area (TPSA) is 113 Å². The summed E-state index contributed by atoms with van der Waals surface area (Å²) in [5.41, 5.74) is 1.28. The fourth-order valence-corrected chi connectivity index (χ4v) is 2.38. The summed E-state index contributed by atoms with van der Waals surface area (Å²) in [4.78, 5) is 27.6. The van der Waals surface area contributed by atoms with E-state index in [0.717, 1.165) is 6.42 Å². The number of nitrogens with one attached hydrogen (secondary N) is 3. The Kier molecular flexibility index (Phi) is 4.89. The highest BCUT2D eigenvalue weighted by Crippen LogP contribution is 2.24. The van der Waals surface area contributed by atoms with E-state index < -0.39 is 11.2 Å². The van der Waals surface area contributed by atoms with Crippen LogP contribution in [0, 0.1) is 0 Å². The third-order valence-corrected chi connectivity index (χ3v) is 3.62. The highest BCUT2D eigenvalue weighted by Gasteiger charge is 2.12. The van der Waals surface area contributed by atoms with Gasteiger partial charge in [-0.2, -0.15) is 0 Å². The predicted molar refractivity (Wildman–Crippen MR) is 93.9 cm³/mol. The number of aromatic nitrogens is 4. The fourth-order valence-electron chi connectivity index (χ4n) is 2.38. The third-order valence-electron chi connectivity index (χ3n) is 3.62. The Morgan fingerprint density at radius 3 is 2.68 bits per heavy atom. The second-order valence-corrected chi connectivity index (χ2v) is 5.30. The van der Waals surface area contributed by atoms with Crippen LogP contribution in [0.2, 0.25) is 0 Å². The van der Waals surface area contributed by atoms with Crippen LogP contribution in [0.5, 0.6) is 5.88 Å². The molecule has 0 spiro atoms. The van der Waals surface area contributed by atoms with Crippen molar-refractivity contribution in [3.63, 3.8) is 0 Å². The molecule has 0 saturated heterocycles. The first-order valence-electron chi connectivity index (χ1n) is 7.69. The van der Waals surface area contributed by atoms with Crippen LogP contribution in [0.25, 0.3) is 11.3 Å². The number of ether oxygens (including phenoxy) is 1. The molecular formula is C17H17N5O3. The number of H-pyrrole nitrogens is 2. The zero-order valence-corrected chi connectivity index (χ0v) is 13.6. The monoisotopic (exact) mass is 339 g/mol. The SMILES string of the molecule is COc1nnc(-c2c[nH]c(=O)[nH]c2=O)cc1NCCc1ccccc1. The molecule has 8 heteroatoms. The Morgan fingerprint density at radius 1 is 1.16 bits per heavy atom. The average molecular weight is 339 g/mol. The highest BCUT2D eigenvalue weighted by atomic mass is 16.5. The molecule has 0 fully saturated rings. The number of aromatic amines is 2. The molecule has 8 nitrogen and oxygen atoms in total.